The van der Waals surface area contributed by atoms with Gasteiger partial charge in [-0.2, -0.15) is 5.26 Å². The third-order valence-corrected chi connectivity index (χ3v) is 3.17. The van der Waals surface area contributed by atoms with Gasteiger partial charge in [0.25, 0.3) is 0 Å². The molecule has 4 heteroatoms. The average Bonchev–Trinajstić information content (AvgIpc) is 2.45. The Kier molecular flexibility index (Phi) is 1.91. The van der Waals surface area contributed by atoms with E-state index in [1.165, 1.54) is 11.3 Å². The molecule has 0 fully saturated rings. The molecule has 2 rings (SSSR count). The maximum atomic E-state index is 8.89. The number of nitrogens with zero attached hydrogens (tertiary/aromatic N) is 1. The quantitative estimate of drug-likeness (QED) is 0.651. The molecule has 1 heterocycles. The summed E-state index contributed by atoms with van der Waals surface area (Å²) in [6.45, 7) is 0. The Morgan fingerprint density at radius 1 is 1.46 bits per heavy atom. The van der Waals surface area contributed by atoms with Crippen LogP contribution in [0.1, 0.15) is 5.56 Å². The van der Waals surface area contributed by atoms with Gasteiger partial charge in [-0.1, -0.05) is 6.07 Å². The van der Waals surface area contributed by atoms with Crippen LogP contribution in [0.15, 0.2) is 23.1 Å². The predicted molar refractivity (Wildman–Crippen MR) is 58.2 cm³/mol. The van der Waals surface area contributed by atoms with Crippen molar-refractivity contribution >= 4 is 39.1 Å². The zero-order valence-electron chi connectivity index (χ0n) is 6.61. The summed E-state index contributed by atoms with van der Waals surface area (Å²) in [5.41, 5.74) is 6.26. The molecule has 0 spiro atoms. The molecule has 0 amide bonds. The fraction of sp³-hybridized carbons (Fsp3) is 0. The molecule has 0 aliphatic heterocycles. The van der Waals surface area contributed by atoms with E-state index >= 15 is 0 Å². The highest BCUT2D eigenvalue weighted by molar-refractivity contribution is 7.80. The van der Waals surface area contributed by atoms with Gasteiger partial charge in [0, 0.05) is 4.90 Å². The van der Waals surface area contributed by atoms with Crippen molar-refractivity contribution in [2.45, 2.75) is 4.90 Å². The van der Waals surface area contributed by atoms with Crippen LogP contribution >= 0.6 is 24.0 Å². The number of rotatable bonds is 0. The van der Waals surface area contributed by atoms with Crippen LogP contribution in [0, 0.1) is 11.3 Å². The average molecular weight is 206 g/mol. The Balaban J connectivity index is 2.93. The minimum absolute atomic E-state index is 0.613. The summed E-state index contributed by atoms with van der Waals surface area (Å²) in [6.07, 6.45) is 0. The van der Waals surface area contributed by atoms with Gasteiger partial charge in [0.15, 0.2) is 0 Å². The number of thiophene rings is 1. The van der Waals surface area contributed by atoms with Crippen molar-refractivity contribution in [3.63, 3.8) is 0 Å². The van der Waals surface area contributed by atoms with Gasteiger partial charge < -0.3 is 5.73 Å². The minimum atomic E-state index is 0.613. The number of hydrogen-bond acceptors (Lipinski definition) is 4. The lowest BCUT2D eigenvalue weighted by Crippen LogP contribution is -1.76. The standard InChI is InChI=1S/C9H6N2S2/c10-4-6-7(12)2-1-5-3-8(11)13-9(5)6/h1-3,12H,11H2. The SMILES string of the molecule is N#Cc1c(S)ccc2cc(N)sc12. The van der Waals surface area contributed by atoms with Gasteiger partial charge in [0.2, 0.25) is 0 Å². The molecule has 64 valence electrons. The molecule has 0 saturated carbocycles. The fourth-order valence-corrected chi connectivity index (χ4v) is 2.46. The summed E-state index contributed by atoms with van der Waals surface area (Å²) < 4.78 is 0.924. The summed E-state index contributed by atoms with van der Waals surface area (Å²) in [5, 5.41) is 10.6. The Morgan fingerprint density at radius 3 is 2.92 bits per heavy atom. The Morgan fingerprint density at radius 2 is 2.23 bits per heavy atom. The van der Waals surface area contributed by atoms with Gasteiger partial charge in [0.05, 0.1) is 15.3 Å². The number of thiol groups is 1. The lowest BCUT2D eigenvalue weighted by molar-refractivity contribution is 1.42. The molecule has 2 aromatic rings. The van der Waals surface area contributed by atoms with E-state index in [0.29, 0.717) is 10.5 Å². The molecular weight excluding hydrogens is 200 g/mol. The zero-order valence-corrected chi connectivity index (χ0v) is 8.32. The lowest BCUT2D eigenvalue weighted by Gasteiger charge is -1.95. The van der Waals surface area contributed by atoms with Crippen molar-refractivity contribution in [1.29, 1.82) is 5.26 Å². The van der Waals surface area contributed by atoms with Gasteiger partial charge in [-0.05, 0) is 17.5 Å². The molecule has 2 N–H and O–H groups in total. The van der Waals surface area contributed by atoms with Crippen LogP contribution in [0.5, 0.6) is 0 Å². The van der Waals surface area contributed by atoms with Gasteiger partial charge in [-0.15, -0.1) is 24.0 Å². The zero-order chi connectivity index (χ0) is 9.42. The van der Waals surface area contributed by atoms with Crippen molar-refractivity contribution in [1.82, 2.24) is 0 Å². The molecular formula is C9H6N2S2. The molecule has 0 atom stereocenters. The molecule has 0 aliphatic carbocycles. The van der Waals surface area contributed by atoms with Gasteiger partial charge in [-0.3, -0.25) is 0 Å². The molecule has 1 aromatic carbocycles. The normalized spacial score (nSPS) is 10.2. The number of fused-ring (bicyclic) bond motifs is 1. The van der Waals surface area contributed by atoms with E-state index < -0.39 is 0 Å². The highest BCUT2D eigenvalue weighted by Gasteiger charge is 2.07. The number of benzene rings is 1. The van der Waals surface area contributed by atoms with Crippen molar-refractivity contribution in [3.05, 3.63) is 23.8 Å². The summed E-state index contributed by atoms with van der Waals surface area (Å²) in [4.78, 5) is 0.705. The van der Waals surface area contributed by atoms with E-state index in [9.17, 15) is 0 Å². The highest BCUT2D eigenvalue weighted by atomic mass is 32.1. The minimum Gasteiger partial charge on any atom is -0.391 e. The van der Waals surface area contributed by atoms with E-state index in [2.05, 4.69) is 18.7 Å². The predicted octanol–water partition coefficient (Wildman–Crippen LogP) is 2.64. The maximum Gasteiger partial charge on any atom is 0.102 e. The van der Waals surface area contributed by atoms with E-state index in [4.69, 9.17) is 11.0 Å². The van der Waals surface area contributed by atoms with Crippen LogP contribution in [0.25, 0.3) is 10.1 Å². The first-order valence-electron chi connectivity index (χ1n) is 3.63. The number of nitrogens with two attached hydrogens (primary N) is 1. The second-order valence-corrected chi connectivity index (χ2v) is 4.20. The van der Waals surface area contributed by atoms with Gasteiger partial charge in [-0.25, -0.2) is 0 Å². The Labute approximate surface area is 85.0 Å². The van der Waals surface area contributed by atoms with Crippen LogP contribution < -0.4 is 5.73 Å². The topological polar surface area (TPSA) is 49.8 Å². The van der Waals surface area contributed by atoms with Crippen LogP contribution in [-0.4, -0.2) is 0 Å². The van der Waals surface area contributed by atoms with E-state index in [1.807, 2.05) is 18.2 Å². The Hall–Kier alpha value is -1.18. The molecule has 0 unspecified atom stereocenters. The number of nitriles is 1. The summed E-state index contributed by atoms with van der Waals surface area (Å²) in [6, 6.07) is 7.74. The van der Waals surface area contributed by atoms with Crippen molar-refractivity contribution in [3.8, 4) is 6.07 Å². The van der Waals surface area contributed by atoms with Gasteiger partial charge in [0.1, 0.15) is 6.07 Å². The fourth-order valence-electron chi connectivity index (χ4n) is 1.22. The molecule has 13 heavy (non-hydrogen) atoms. The first kappa shape index (κ1) is 8.42. The van der Waals surface area contributed by atoms with E-state index in [0.717, 1.165) is 15.1 Å². The molecule has 1 aromatic heterocycles. The van der Waals surface area contributed by atoms with Crippen LogP contribution in [-0.2, 0) is 0 Å². The van der Waals surface area contributed by atoms with E-state index in [-0.39, 0.29) is 0 Å². The van der Waals surface area contributed by atoms with Gasteiger partial charge >= 0.3 is 0 Å². The van der Waals surface area contributed by atoms with Crippen molar-refractivity contribution in [2.75, 3.05) is 5.73 Å². The first-order chi connectivity index (χ1) is 6.22. The third-order valence-electron chi connectivity index (χ3n) is 1.80. The third kappa shape index (κ3) is 1.26. The number of anilines is 1. The lowest BCUT2D eigenvalue weighted by atomic mass is 10.2. The molecule has 0 bridgehead atoms. The number of nitrogen functional groups attached to an aromatic ring is 1. The van der Waals surface area contributed by atoms with Crippen LogP contribution in [0.3, 0.4) is 0 Å². The number of hydrogen-bond donors (Lipinski definition) is 2. The smallest absolute Gasteiger partial charge is 0.102 e. The molecule has 0 radical (unpaired) electrons. The molecule has 2 nitrogen and oxygen atoms in total. The summed E-state index contributed by atoms with van der Waals surface area (Å²) >= 11 is 5.63. The molecule has 0 aliphatic rings. The highest BCUT2D eigenvalue weighted by Crippen LogP contribution is 2.32. The molecule has 0 saturated heterocycles. The second kappa shape index (κ2) is 2.95. The maximum absolute atomic E-state index is 8.89. The second-order valence-electron chi connectivity index (χ2n) is 2.64. The largest absolute Gasteiger partial charge is 0.391 e. The first-order valence-corrected chi connectivity index (χ1v) is 4.90. The van der Waals surface area contributed by atoms with E-state index in [1.54, 1.807) is 0 Å². The monoisotopic (exact) mass is 206 g/mol. The van der Waals surface area contributed by atoms with Crippen molar-refractivity contribution < 1.29 is 0 Å². The summed E-state index contributed by atoms with van der Waals surface area (Å²) in [7, 11) is 0. The summed E-state index contributed by atoms with van der Waals surface area (Å²) in [5.74, 6) is 0. The Bertz CT molecular complexity index is 508. The van der Waals surface area contributed by atoms with Crippen LogP contribution in [0.4, 0.5) is 5.00 Å². The van der Waals surface area contributed by atoms with Crippen molar-refractivity contribution in [2.24, 2.45) is 0 Å². The van der Waals surface area contributed by atoms with Crippen LogP contribution in [0.2, 0.25) is 0 Å².